The third kappa shape index (κ3) is 4.33. The van der Waals surface area contributed by atoms with Crippen molar-refractivity contribution in [2.45, 2.75) is 31.7 Å². The van der Waals surface area contributed by atoms with Crippen LogP contribution in [0.3, 0.4) is 0 Å². The Labute approximate surface area is 215 Å². The summed E-state index contributed by atoms with van der Waals surface area (Å²) in [6, 6.07) is 16.4. The summed E-state index contributed by atoms with van der Waals surface area (Å²) in [5.41, 5.74) is 5.11. The highest BCUT2D eigenvalue weighted by atomic mass is 16.5. The maximum atomic E-state index is 12.7. The molecule has 184 valence electrons. The Morgan fingerprint density at radius 1 is 1.14 bits per heavy atom. The number of carbonyl (C=O) groups excluding carboxylic acids is 1. The van der Waals surface area contributed by atoms with Gasteiger partial charge >= 0.3 is 0 Å². The van der Waals surface area contributed by atoms with E-state index in [1.165, 1.54) is 49.0 Å². The molecule has 4 aromatic rings. The second kappa shape index (κ2) is 9.51. The first-order chi connectivity index (χ1) is 18.1. The largest absolute Gasteiger partial charge is 0.495 e. The number of carbonyl (C=O) groups is 1. The van der Waals surface area contributed by atoms with E-state index in [0.717, 1.165) is 34.6 Å². The molecular formula is C29H26N6O2. The summed E-state index contributed by atoms with van der Waals surface area (Å²) in [5.74, 6) is 3.25. The number of amides is 1. The van der Waals surface area contributed by atoms with Gasteiger partial charge in [-0.1, -0.05) is 30.3 Å². The molecule has 1 amide bonds. The van der Waals surface area contributed by atoms with E-state index in [4.69, 9.17) is 10.00 Å². The van der Waals surface area contributed by atoms with Crippen LogP contribution in [0.1, 0.15) is 52.2 Å². The van der Waals surface area contributed by atoms with E-state index in [9.17, 15) is 4.79 Å². The average molecular weight is 491 g/mol. The molecule has 1 aromatic carbocycles. The number of benzene rings is 1. The van der Waals surface area contributed by atoms with Gasteiger partial charge in [-0.25, -0.2) is 9.67 Å². The third-order valence-corrected chi connectivity index (χ3v) is 7.73. The molecule has 37 heavy (non-hydrogen) atoms. The number of hydrogen-bond donors (Lipinski definition) is 1. The fourth-order valence-electron chi connectivity index (χ4n) is 5.36. The minimum atomic E-state index is -0.253. The summed E-state index contributed by atoms with van der Waals surface area (Å²) in [6.45, 7) is 0.351. The van der Waals surface area contributed by atoms with Crippen molar-refractivity contribution in [1.82, 2.24) is 25.1 Å². The van der Waals surface area contributed by atoms with Crippen LogP contribution in [0.15, 0.2) is 67.3 Å². The van der Waals surface area contributed by atoms with Crippen LogP contribution in [0.4, 0.5) is 0 Å². The number of hydrogen-bond acceptors (Lipinski definition) is 6. The van der Waals surface area contributed by atoms with Crippen molar-refractivity contribution in [2.75, 3.05) is 7.11 Å². The van der Waals surface area contributed by atoms with Crippen molar-refractivity contribution >= 4 is 5.91 Å². The number of fused-ring (bicyclic) bond motifs is 1. The molecule has 3 atom stereocenters. The van der Waals surface area contributed by atoms with Crippen LogP contribution in [0, 0.1) is 23.2 Å². The first-order valence-corrected chi connectivity index (χ1v) is 12.5. The molecule has 1 N–H and O–H groups in total. The van der Waals surface area contributed by atoms with Gasteiger partial charge in [-0.2, -0.15) is 10.4 Å². The number of methoxy groups -OCH3 is 1. The Morgan fingerprint density at radius 2 is 2.00 bits per heavy atom. The minimum absolute atomic E-state index is 0.253. The van der Waals surface area contributed by atoms with Gasteiger partial charge in [-0.3, -0.25) is 9.78 Å². The second-order valence-electron chi connectivity index (χ2n) is 9.73. The highest BCUT2D eigenvalue weighted by Crippen LogP contribution is 2.58. The van der Waals surface area contributed by atoms with Gasteiger partial charge in [0.25, 0.3) is 5.91 Å². The number of nitriles is 1. The normalized spacial score (nSPS) is 19.6. The summed E-state index contributed by atoms with van der Waals surface area (Å²) in [5, 5.41) is 16.2. The quantitative estimate of drug-likeness (QED) is 0.404. The highest BCUT2D eigenvalue weighted by molar-refractivity contribution is 5.93. The number of rotatable bonds is 7. The zero-order valence-corrected chi connectivity index (χ0v) is 20.5. The van der Waals surface area contributed by atoms with Crippen molar-refractivity contribution in [3.8, 4) is 28.9 Å². The Bertz CT molecular complexity index is 1490. The van der Waals surface area contributed by atoms with Gasteiger partial charge in [0.15, 0.2) is 5.82 Å². The lowest BCUT2D eigenvalue weighted by molar-refractivity contribution is 0.0216. The van der Waals surface area contributed by atoms with Crippen LogP contribution in [0.5, 0.6) is 5.75 Å². The Balaban J connectivity index is 1.06. The molecule has 2 aliphatic carbocycles. The molecule has 0 bridgehead atoms. The fourth-order valence-corrected chi connectivity index (χ4v) is 5.36. The SMILES string of the molecule is COc1cc(-n2cc(C(=O)NCc3ccc(-c4ccc(C5CC6CCC65)cc4)nc3)cn2)ncc1C#N. The molecule has 3 aromatic heterocycles. The predicted molar refractivity (Wildman–Crippen MR) is 137 cm³/mol. The van der Waals surface area contributed by atoms with E-state index in [0.29, 0.717) is 29.2 Å². The molecule has 8 heteroatoms. The lowest BCUT2D eigenvalue weighted by Gasteiger charge is -2.53. The molecular weight excluding hydrogens is 464 g/mol. The molecule has 2 saturated carbocycles. The zero-order chi connectivity index (χ0) is 25.4. The predicted octanol–water partition coefficient (Wildman–Crippen LogP) is 4.65. The van der Waals surface area contributed by atoms with Crippen molar-refractivity contribution in [2.24, 2.45) is 11.8 Å². The Morgan fingerprint density at radius 3 is 2.65 bits per heavy atom. The highest BCUT2D eigenvalue weighted by Gasteiger charge is 2.47. The fraction of sp³-hybridized carbons (Fsp3) is 0.276. The molecule has 2 aliphatic rings. The lowest BCUT2D eigenvalue weighted by atomic mass is 9.52. The maximum absolute atomic E-state index is 12.7. The summed E-state index contributed by atoms with van der Waals surface area (Å²) >= 11 is 0. The van der Waals surface area contributed by atoms with Crippen LogP contribution < -0.4 is 10.1 Å². The Hall–Kier alpha value is -4.51. The molecule has 3 heterocycles. The monoisotopic (exact) mass is 490 g/mol. The molecule has 3 unspecified atom stereocenters. The molecule has 0 aliphatic heterocycles. The van der Waals surface area contributed by atoms with E-state index >= 15 is 0 Å². The molecule has 2 fully saturated rings. The van der Waals surface area contributed by atoms with Gasteiger partial charge < -0.3 is 10.1 Å². The number of pyridine rings is 2. The minimum Gasteiger partial charge on any atom is -0.495 e. The lowest BCUT2D eigenvalue weighted by Crippen LogP contribution is -2.42. The Kier molecular flexibility index (Phi) is 5.89. The van der Waals surface area contributed by atoms with Crippen LogP contribution in [0.25, 0.3) is 17.1 Å². The van der Waals surface area contributed by atoms with Crippen LogP contribution in [-0.2, 0) is 6.54 Å². The van der Waals surface area contributed by atoms with E-state index in [1.807, 2.05) is 18.2 Å². The molecule has 0 saturated heterocycles. The number of nitrogens with one attached hydrogen (secondary N) is 1. The number of aromatic nitrogens is 4. The molecule has 0 radical (unpaired) electrons. The smallest absolute Gasteiger partial charge is 0.254 e. The van der Waals surface area contributed by atoms with Gasteiger partial charge in [-0.15, -0.1) is 0 Å². The van der Waals surface area contributed by atoms with Crippen molar-refractivity contribution < 1.29 is 9.53 Å². The van der Waals surface area contributed by atoms with E-state index < -0.39 is 0 Å². The van der Waals surface area contributed by atoms with Gasteiger partial charge in [0.05, 0.1) is 30.8 Å². The van der Waals surface area contributed by atoms with Crippen LogP contribution in [-0.4, -0.2) is 32.8 Å². The van der Waals surface area contributed by atoms with E-state index in [1.54, 1.807) is 18.5 Å². The summed E-state index contributed by atoms with van der Waals surface area (Å²) in [6.07, 6.45) is 10.4. The van der Waals surface area contributed by atoms with E-state index in [-0.39, 0.29) is 5.91 Å². The van der Waals surface area contributed by atoms with Gasteiger partial charge in [0.2, 0.25) is 0 Å². The van der Waals surface area contributed by atoms with Crippen molar-refractivity contribution in [3.63, 3.8) is 0 Å². The molecule has 0 spiro atoms. The summed E-state index contributed by atoms with van der Waals surface area (Å²) in [4.78, 5) is 21.5. The maximum Gasteiger partial charge on any atom is 0.254 e. The summed E-state index contributed by atoms with van der Waals surface area (Å²) < 4.78 is 6.69. The number of ether oxygens (including phenoxy) is 1. The average Bonchev–Trinajstić information content (AvgIpc) is 3.44. The van der Waals surface area contributed by atoms with Crippen molar-refractivity contribution in [3.05, 3.63) is 89.5 Å². The third-order valence-electron chi connectivity index (χ3n) is 7.73. The summed E-state index contributed by atoms with van der Waals surface area (Å²) in [7, 11) is 1.48. The van der Waals surface area contributed by atoms with Crippen molar-refractivity contribution in [1.29, 1.82) is 5.26 Å². The van der Waals surface area contributed by atoms with Gasteiger partial charge in [-0.05, 0) is 54.2 Å². The van der Waals surface area contributed by atoms with Crippen LogP contribution >= 0.6 is 0 Å². The zero-order valence-electron chi connectivity index (χ0n) is 20.5. The number of nitrogens with zero attached hydrogens (tertiary/aromatic N) is 5. The second-order valence-corrected chi connectivity index (χ2v) is 9.73. The van der Waals surface area contributed by atoms with Gasteiger partial charge in [0, 0.05) is 30.6 Å². The first-order valence-electron chi connectivity index (χ1n) is 12.5. The first kappa shape index (κ1) is 22.9. The standard InChI is InChI=1S/C29H26N6O2/c1-37-27-11-28(32-15-22(27)12-30)35-17-23(16-34-35)29(36)33-14-18-2-9-26(31-13-18)20-5-3-19(4-6-20)25-10-21-7-8-24(21)25/h2-6,9,11,13,15-17,21,24-25H,7-8,10,14H2,1H3,(H,33,36). The topological polar surface area (TPSA) is 106 Å². The molecule has 6 rings (SSSR count). The van der Waals surface area contributed by atoms with E-state index in [2.05, 4.69) is 44.6 Å². The van der Waals surface area contributed by atoms with Gasteiger partial charge in [0.1, 0.15) is 17.4 Å². The molecule has 8 nitrogen and oxygen atoms in total. The van der Waals surface area contributed by atoms with Crippen LogP contribution in [0.2, 0.25) is 0 Å².